The lowest BCUT2D eigenvalue weighted by molar-refractivity contribution is 0.112. The number of pyridine rings is 1. The number of carbonyl (C=O) groups excluding carboxylic acids is 2. The number of benzene rings is 2. The van der Waals surface area contributed by atoms with E-state index in [1.807, 2.05) is 47.8 Å². The van der Waals surface area contributed by atoms with E-state index < -0.39 is 0 Å². The Morgan fingerprint density at radius 3 is 2.54 bits per heavy atom. The molecule has 8 nitrogen and oxygen atoms in total. The first-order valence-electron chi connectivity index (χ1n) is 12.0. The fourth-order valence-corrected chi connectivity index (χ4v) is 4.33. The van der Waals surface area contributed by atoms with Crippen LogP contribution in [0.3, 0.4) is 0 Å². The minimum absolute atomic E-state index is 0.422. The molecule has 1 saturated carbocycles. The van der Waals surface area contributed by atoms with Crippen molar-refractivity contribution in [3.05, 3.63) is 82.8 Å². The predicted octanol–water partition coefficient (Wildman–Crippen LogP) is 6.47. The zero-order chi connectivity index (χ0) is 27.9. The van der Waals surface area contributed by atoms with E-state index in [0.29, 0.717) is 35.0 Å². The van der Waals surface area contributed by atoms with Gasteiger partial charge in [-0.25, -0.2) is 4.98 Å². The largest absolute Gasteiger partial charge is 0.355 e. The van der Waals surface area contributed by atoms with Crippen LogP contribution >= 0.6 is 40.8 Å². The summed E-state index contributed by atoms with van der Waals surface area (Å²) in [6.07, 6.45) is 5.36. The number of hydrogen-bond donors (Lipinski definition) is 1. The van der Waals surface area contributed by atoms with Crippen LogP contribution in [0.5, 0.6) is 0 Å². The number of hydrogen-bond acceptors (Lipinski definition) is 9. The number of anilines is 1. The van der Waals surface area contributed by atoms with Crippen LogP contribution in [0.1, 0.15) is 56.3 Å². The summed E-state index contributed by atoms with van der Waals surface area (Å²) in [6.45, 7) is 0.456. The molecule has 0 amide bonds. The summed E-state index contributed by atoms with van der Waals surface area (Å²) in [5.74, 6) is 1.87. The van der Waals surface area contributed by atoms with Crippen LogP contribution in [0.4, 0.5) is 5.82 Å². The van der Waals surface area contributed by atoms with Gasteiger partial charge in [-0.2, -0.15) is 5.26 Å². The number of aryl methyl sites for hydroxylation is 1. The first-order valence-corrected chi connectivity index (χ1v) is 16.4. The number of nitriles is 1. The third-order valence-electron chi connectivity index (χ3n) is 6.47. The van der Waals surface area contributed by atoms with Crippen LogP contribution in [0.25, 0.3) is 22.5 Å². The molecular formula is C28H25IN6O2S2. The second-order valence-corrected chi connectivity index (χ2v) is 13.3. The molecule has 0 aliphatic heterocycles. The van der Waals surface area contributed by atoms with Crippen LogP contribution in [-0.2, 0) is 13.6 Å². The second-order valence-electron chi connectivity index (χ2n) is 9.17. The van der Waals surface area contributed by atoms with E-state index in [-0.39, 0.29) is 0 Å². The summed E-state index contributed by atoms with van der Waals surface area (Å²) >= 11 is 5.76. The maximum atomic E-state index is 11.6. The topological polar surface area (TPSA) is 105 Å². The molecule has 2 heterocycles. The summed E-state index contributed by atoms with van der Waals surface area (Å²) in [7, 11) is 5.23. The number of carbonyl (C=O) groups is 2. The standard InChI is InChI=1S/C28H24N6O2.HIS2/c1-33(14-21-5-3-19(15-35)9-23(21)16-36)27-12-22(11-26(31-27)20-6-7-20)24-8-4-18(13-29)10-25(24)28-32-30-17-34(28)2;1-3-2/h3-5,8-12,15-17,20H,6-7,14H2,1-2H3;2H. The molecule has 0 unspecified atom stereocenters. The highest BCUT2D eigenvalue weighted by Gasteiger charge is 2.27. The van der Waals surface area contributed by atoms with E-state index in [1.165, 1.54) is 7.97 Å². The molecule has 5 rings (SSSR count). The maximum Gasteiger partial charge on any atom is 0.164 e. The number of thiol groups is 1. The van der Waals surface area contributed by atoms with E-state index in [1.54, 1.807) is 24.5 Å². The maximum absolute atomic E-state index is 11.6. The zero-order valence-corrected chi connectivity index (χ0v) is 25.2. The second kappa shape index (κ2) is 13.2. The van der Waals surface area contributed by atoms with Crippen LogP contribution in [-0.4, -0.2) is 39.4 Å². The van der Waals surface area contributed by atoms with Gasteiger partial charge in [-0.15, -0.1) is 21.9 Å². The summed E-state index contributed by atoms with van der Waals surface area (Å²) < 4.78 is 1.83. The van der Waals surface area contributed by atoms with Crippen LogP contribution in [0, 0.1) is 11.3 Å². The minimum Gasteiger partial charge on any atom is -0.355 e. The number of aldehydes is 2. The Labute approximate surface area is 248 Å². The van der Waals surface area contributed by atoms with Gasteiger partial charge in [0.15, 0.2) is 5.82 Å². The van der Waals surface area contributed by atoms with Gasteiger partial charge in [-0.05, 0) is 67.8 Å². The molecule has 0 bridgehead atoms. The van der Waals surface area contributed by atoms with Crippen molar-refractivity contribution in [2.24, 2.45) is 7.05 Å². The average molecular weight is 669 g/mol. The lowest BCUT2D eigenvalue weighted by Gasteiger charge is -2.22. The fourth-order valence-electron chi connectivity index (χ4n) is 4.33. The third kappa shape index (κ3) is 6.87. The summed E-state index contributed by atoms with van der Waals surface area (Å²) in [6, 6.07) is 17.1. The molecule has 2 aromatic carbocycles. The van der Waals surface area contributed by atoms with Crippen LogP contribution < -0.4 is 4.90 Å². The quantitative estimate of drug-likeness (QED) is 0.0987. The van der Waals surface area contributed by atoms with E-state index in [4.69, 9.17) is 4.98 Å². The normalized spacial score (nSPS) is 12.2. The van der Waals surface area contributed by atoms with E-state index >= 15 is 0 Å². The molecule has 0 spiro atoms. The van der Waals surface area contributed by atoms with Gasteiger partial charge in [0.25, 0.3) is 0 Å². The summed E-state index contributed by atoms with van der Waals surface area (Å²) in [4.78, 5) is 29.7. The fraction of sp³-hybridized carbons (Fsp3) is 0.214. The molecule has 1 aliphatic carbocycles. The first kappa shape index (κ1) is 28.8. The van der Waals surface area contributed by atoms with Crippen molar-refractivity contribution in [3.63, 3.8) is 0 Å². The first-order chi connectivity index (χ1) is 18.9. The Kier molecular flexibility index (Phi) is 9.77. The Balaban J connectivity index is 0.00000112. The average Bonchev–Trinajstić information content (AvgIpc) is 3.73. The molecular weight excluding hydrogens is 643 g/mol. The molecule has 0 atom stereocenters. The van der Waals surface area contributed by atoms with Crippen molar-refractivity contribution in [2.45, 2.75) is 25.3 Å². The highest BCUT2D eigenvalue weighted by molar-refractivity contribution is 14.2. The smallest absolute Gasteiger partial charge is 0.164 e. The minimum atomic E-state index is 0.422. The van der Waals surface area contributed by atoms with E-state index in [9.17, 15) is 14.9 Å². The predicted molar refractivity (Wildman–Crippen MR) is 166 cm³/mol. The van der Waals surface area contributed by atoms with Crippen LogP contribution in [0.15, 0.2) is 54.9 Å². The van der Waals surface area contributed by atoms with Crippen molar-refractivity contribution in [1.82, 2.24) is 19.7 Å². The molecule has 198 valence electrons. The number of aromatic nitrogens is 4. The number of nitrogens with zero attached hydrogens (tertiary/aromatic N) is 6. The van der Waals surface area contributed by atoms with Gasteiger partial charge >= 0.3 is 0 Å². The highest BCUT2D eigenvalue weighted by Crippen LogP contribution is 2.42. The van der Waals surface area contributed by atoms with E-state index in [0.717, 1.165) is 59.2 Å². The lowest BCUT2D eigenvalue weighted by atomic mass is 9.96. The Bertz CT molecular complexity index is 1550. The summed E-state index contributed by atoms with van der Waals surface area (Å²) in [5.41, 5.74) is 6.08. The van der Waals surface area contributed by atoms with Gasteiger partial charge in [0.1, 0.15) is 24.7 Å². The van der Waals surface area contributed by atoms with Gasteiger partial charge in [-0.1, -0.05) is 18.2 Å². The number of halogens is 1. The molecule has 11 heteroatoms. The Morgan fingerprint density at radius 2 is 1.92 bits per heavy atom. The van der Waals surface area contributed by atoms with Crippen LogP contribution in [0.2, 0.25) is 0 Å². The molecule has 1 aliphatic rings. The molecule has 4 aromatic rings. The van der Waals surface area contributed by atoms with Gasteiger partial charge in [0.05, 0.1) is 11.6 Å². The summed E-state index contributed by atoms with van der Waals surface area (Å²) in [5, 5.41) is 17.8. The van der Waals surface area contributed by atoms with Crippen molar-refractivity contribution >= 4 is 59.2 Å². The third-order valence-corrected chi connectivity index (χ3v) is 6.47. The molecule has 39 heavy (non-hydrogen) atoms. The van der Waals surface area contributed by atoms with Gasteiger partial charge < -0.3 is 9.47 Å². The molecule has 0 saturated heterocycles. The van der Waals surface area contributed by atoms with E-state index in [2.05, 4.69) is 55.2 Å². The SMILES string of the molecule is CN(Cc1ccc(C=O)cc1C=O)c1cc(-c2ccc(C#N)cc2-c2nncn2C)cc(C2CC2)n1.SSI. The van der Waals surface area contributed by atoms with Gasteiger partial charge in [0, 0.05) is 70.1 Å². The number of rotatable bonds is 8. The Hall–Kier alpha value is -3.21. The van der Waals surface area contributed by atoms with Crippen molar-refractivity contribution < 1.29 is 9.59 Å². The van der Waals surface area contributed by atoms with Crippen molar-refractivity contribution in [2.75, 3.05) is 11.9 Å². The monoisotopic (exact) mass is 668 g/mol. The molecule has 1 fully saturated rings. The highest BCUT2D eigenvalue weighted by atomic mass is 127. The van der Waals surface area contributed by atoms with Gasteiger partial charge in [-0.3, -0.25) is 9.59 Å². The van der Waals surface area contributed by atoms with Gasteiger partial charge in [0.2, 0.25) is 0 Å². The van der Waals surface area contributed by atoms with Crippen molar-refractivity contribution in [1.29, 1.82) is 5.26 Å². The van der Waals surface area contributed by atoms with Crippen molar-refractivity contribution in [3.8, 4) is 28.6 Å². The molecule has 0 N–H and O–H groups in total. The lowest BCUT2D eigenvalue weighted by Crippen LogP contribution is -2.19. The molecule has 2 aromatic heterocycles. The Morgan fingerprint density at radius 1 is 1.15 bits per heavy atom. The zero-order valence-electron chi connectivity index (χ0n) is 21.3. The molecule has 0 radical (unpaired) electrons.